The quantitative estimate of drug-likeness (QED) is 0.600. The molecule has 0 atom stereocenters. The minimum atomic E-state index is 0.638. The SMILES string of the molecule is COc1cc(-c2cnn(C)c2)cn2ncc(CNc3cccnc3C)c12. The minimum absolute atomic E-state index is 0.638. The van der Waals surface area contributed by atoms with Gasteiger partial charge in [-0.25, -0.2) is 4.52 Å². The lowest BCUT2D eigenvalue weighted by molar-refractivity contribution is 0.417. The summed E-state index contributed by atoms with van der Waals surface area (Å²) < 4.78 is 9.28. The fraction of sp³-hybridized carbons (Fsp3) is 0.211. The average Bonchev–Trinajstić information content (AvgIpc) is 3.26. The van der Waals surface area contributed by atoms with Crippen molar-refractivity contribution in [3.05, 3.63) is 60.4 Å². The van der Waals surface area contributed by atoms with Gasteiger partial charge in [0, 0.05) is 48.9 Å². The largest absolute Gasteiger partial charge is 0.494 e. The average molecular weight is 348 g/mol. The third-order valence-corrected chi connectivity index (χ3v) is 4.39. The van der Waals surface area contributed by atoms with Gasteiger partial charge in [0.25, 0.3) is 0 Å². The zero-order chi connectivity index (χ0) is 18.1. The molecule has 0 fully saturated rings. The first kappa shape index (κ1) is 16.1. The number of aryl methyl sites for hydroxylation is 2. The van der Waals surface area contributed by atoms with Gasteiger partial charge in [-0.15, -0.1) is 0 Å². The first-order valence-electron chi connectivity index (χ1n) is 8.34. The molecular weight excluding hydrogens is 328 g/mol. The highest BCUT2D eigenvalue weighted by molar-refractivity contribution is 5.73. The van der Waals surface area contributed by atoms with Crippen molar-refractivity contribution in [3.8, 4) is 16.9 Å². The van der Waals surface area contributed by atoms with Gasteiger partial charge in [0.2, 0.25) is 0 Å². The molecular formula is C19H20N6O. The number of anilines is 1. The van der Waals surface area contributed by atoms with Gasteiger partial charge in [-0.3, -0.25) is 9.67 Å². The number of hydrogen-bond donors (Lipinski definition) is 1. The van der Waals surface area contributed by atoms with E-state index in [1.165, 1.54) is 0 Å². The van der Waals surface area contributed by atoms with Gasteiger partial charge < -0.3 is 10.1 Å². The number of nitrogens with zero attached hydrogens (tertiary/aromatic N) is 5. The van der Waals surface area contributed by atoms with Crippen LogP contribution >= 0.6 is 0 Å². The van der Waals surface area contributed by atoms with Crippen molar-refractivity contribution in [2.45, 2.75) is 13.5 Å². The predicted molar refractivity (Wildman–Crippen MR) is 100 cm³/mol. The molecule has 7 heteroatoms. The van der Waals surface area contributed by atoms with E-state index in [0.717, 1.165) is 39.3 Å². The molecule has 4 aromatic rings. The summed E-state index contributed by atoms with van der Waals surface area (Å²) in [7, 11) is 3.58. The van der Waals surface area contributed by atoms with Crippen molar-refractivity contribution in [3.63, 3.8) is 0 Å². The second-order valence-corrected chi connectivity index (χ2v) is 6.15. The van der Waals surface area contributed by atoms with E-state index in [9.17, 15) is 0 Å². The highest BCUT2D eigenvalue weighted by Gasteiger charge is 2.13. The molecule has 4 heterocycles. The van der Waals surface area contributed by atoms with Crippen molar-refractivity contribution in [2.75, 3.05) is 12.4 Å². The number of ether oxygens (including phenoxy) is 1. The van der Waals surface area contributed by atoms with Crippen LogP contribution in [0.4, 0.5) is 5.69 Å². The van der Waals surface area contributed by atoms with Crippen molar-refractivity contribution < 1.29 is 4.74 Å². The molecule has 0 aliphatic carbocycles. The van der Waals surface area contributed by atoms with Crippen LogP contribution in [0.2, 0.25) is 0 Å². The van der Waals surface area contributed by atoms with E-state index >= 15 is 0 Å². The highest BCUT2D eigenvalue weighted by atomic mass is 16.5. The second-order valence-electron chi connectivity index (χ2n) is 6.15. The molecule has 132 valence electrons. The number of rotatable bonds is 5. The Morgan fingerprint density at radius 3 is 2.77 bits per heavy atom. The van der Waals surface area contributed by atoms with Crippen LogP contribution in [0.25, 0.3) is 16.6 Å². The Balaban J connectivity index is 1.70. The highest BCUT2D eigenvalue weighted by Crippen LogP contribution is 2.30. The van der Waals surface area contributed by atoms with Crippen LogP contribution < -0.4 is 10.1 Å². The fourth-order valence-electron chi connectivity index (χ4n) is 3.02. The molecule has 0 bridgehead atoms. The van der Waals surface area contributed by atoms with Crippen molar-refractivity contribution >= 4 is 11.2 Å². The van der Waals surface area contributed by atoms with Crippen LogP contribution in [0, 0.1) is 6.92 Å². The molecule has 7 nitrogen and oxygen atoms in total. The molecule has 26 heavy (non-hydrogen) atoms. The minimum Gasteiger partial charge on any atom is -0.494 e. The summed E-state index contributed by atoms with van der Waals surface area (Å²) >= 11 is 0. The smallest absolute Gasteiger partial charge is 0.145 e. The fourth-order valence-corrected chi connectivity index (χ4v) is 3.02. The summed E-state index contributed by atoms with van der Waals surface area (Å²) in [6.07, 6.45) is 9.45. The number of methoxy groups -OCH3 is 1. The van der Waals surface area contributed by atoms with Crippen molar-refractivity contribution in [2.24, 2.45) is 7.05 Å². The van der Waals surface area contributed by atoms with Gasteiger partial charge in [0.05, 0.1) is 30.9 Å². The Bertz CT molecular complexity index is 1070. The summed E-state index contributed by atoms with van der Waals surface area (Å²) in [5.74, 6) is 0.781. The second kappa shape index (κ2) is 6.51. The zero-order valence-corrected chi connectivity index (χ0v) is 15.0. The predicted octanol–water partition coefficient (Wildman–Crippen LogP) is 3.06. The van der Waals surface area contributed by atoms with Gasteiger partial charge in [0.1, 0.15) is 11.3 Å². The third kappa shape index (κ3) is 2.88. The van der Waals surface area contributed by atoms with E-state index in [1.807, 2.05) is 61.5 Å². The van der Waals surface area contributed by atoms with Gasteiger partial charge in [0.15, 0.2) is 0 Å². The summed E-state index contributed by atoms with van der Waals surface area (Å²) in [4.78, 5) is 4.31. The molecule has 1 N–H and O–H groups in total. The molecule has 0 amide bonds. The van der Waals surface area contributed by atoms with E-state index in [1.54, 1.807) is 18.0 Å². The van der Waals surface area contributed by atoms with E-state index in [2.05, 4.69) is 20.5 Å². The summed E-state index contributed by atoms with van der Waals surface area (Å²) in [5, 5.41) is 12.2. The summed E-state index contributed by atoms with van der Waals surface area (Å²) in [6.45, 7) is 2.62. The standard InChI is InChI=1S/C19H20N6O/c1-13-17(5-4-6-20-13)21-8-15-9-23-25-12-14(7-18(26-3)19(15)25)16-10-22-24(2)11-16/h4-7,9-12,21H,8H2,1-3H3. The first-order valence-corrected chi connectivity index (χ1v) is 8.34. The number of pyridine rings is 2. The molecule has 0 saturated carbocycles. The molecule has 0 aromatic carbocycles. The van der Waals surface area contributed by atoms with Gasteiger partial charge >= 0.3 is 0 Å². The number of aromatic nitrogens is 5. The maximum Gasteiger partial charge on any atom is 0.145 e. The zero-order valence-electron chi connectivity index (χ0n) is 15.0. The topological polar surface area (TPSA) is 69.3 Å². The number of nitrogens with one attached hydrogen (secondary N) is 1. The third-order valence-electron chi connectivity index (χ3n) is 4.39. The van der Waals surface area contributed by atoms with Crippen LogP contribution in [-0.4, -0.2) is 31.5 Å². The molecule has 4 aromatic heterocycles. The summed E-state index contributed by atoms with van der Waals surface area (Å²) in [6, 6.07) is 5.96. The molecule has 0 aliphatic heterocycles. The van der Waals surface area contributed by atoms with Crippen LogP contribution in [0.1, 0.15) is 11.3 Å². The van der Waals surface area contributed by atoms with Crippen LogP contribution in [0.15, 0.2) is 49.2 Å². The normalized spacial score (nSPS) is 11.0. The Morgan fingerprint density at radius 2 is 2.04 bits per heavy atom. The van der Waals surface area contributed by atoms with Crippen molar-refractivity contribution in [1.29, 1.82) is 0 Å². The Morgan fingerprint density at radius 1 is 1.15 bits per heavy atom. The molecule has 4 rings (SSSR count). The number of hydrogen-bond acceptors (Lipinski definition) is 5. The molecule has 0 spiro atoms. The van der Waals surface area contributed by atoms with Crippen LogP contribution in [0.5, 0.6) is 5.75 Å². The van der Waals surface area contributed by atoms with E-state index < -0.39 is 0 Å². The molecule has 0 radical (unpaired) electrons. The van der Waals surface area contributed by atoms with E-state index in [0.29, 0.717) is 6.54 Å². The van der Waals surface area contributed by atoms with Crippen LogP contribution in [-0.2, 0) is 13.6 Å². The Labute approximate surface area is 151 Å². The maximum atomic E-state index is 5.64. The lowest BCUT2D eigenvalue weighted by atomic mass is 10.1. The van der Waals surface area contributed by atoms with E-state index in [-0.39, 0.29) is 0 Å². The first-order chi connectivity index (χ1) is 12.7. The van der Waals surface area contributed by atoms with Crippen molar-refractivity contribution in [1.82, 2.24) is 24.4 Å². The Kier molecular flexibility index (Phi) is 4.04. The maximum absolute atomic E-state index is 5.64. The number of fused-ring (bicyclic) bond motifs is 1. The van der Waals surface area contributed by atoms with Gasteiger partial charge in [-0.2, -0.15) is 10.2 Å². The molecule has 0 saturated heterocycles. The monoisotopic (exact) mass is 348 g/mol. The Hall–Kier alpha value is -3.35. The summed E-state index contributed by atoms with van der Waals surface area (Å²) in [5.41, 5.74) is 6.02. The van der Waals surface area contributed by atoms with Crippen LogP contribution in [0.3, 0.4) is 0 Å². The lowest BCUT2D eigenvalue weighted by Crippen LogP contribution is -2.02. The lowest BCUT2D eigenvalue weighted by Gasteiger charge is -2.10. The van der Waals surface area contributed by atoms with Gasteiger partial charge in [-0.1, -0.05) is 0 Å². The van der Waals surface area contributed by atoms with E-state index in [4.69, 9.17) is 4.74 Å². The molecule has 0 unspecified atom stereocenters. The van der Waals surface area contributed by atoms with Gasteiger partial charge in [-0.05, 0) is 25.1 Å². The molecule has 0 aliphatic rings.